The number of hydrogen-bond acceptors (Lipinski definition) is 6. The summed E-state index contributed by atoms with van der Waals surface area (Å²) in [5, 5.41) is 7.83. The number of likely N-dealkylation sites (tertiary alicyclic amines) is 1. The number of pyridine rings is 1. The molecule has 1 fully saturated rings. The van der Waals surface area contributed by atoms with Crippen molar-refractivity contribution in [1.82, 2.24) is 24.5 Å². The van der Waals surface area contributed by atoms with Gasteiger partial charge in [0, 0.05) is 37.7 Å². The minimum atomic E-state index is -0.0221. The maximum atomic E-state index is 12.3. The summed E-state index contributed by atoms with van der Waals surface area (Å²) < 4.78 is 7.20. The zero-order valence-electron chi connectivity index (χ0n) is 13.6. The fourth-order valence-electron chi connectivity index (χ4n) is 2.87. The van der Waals surface area contributed by atoms with Crippen molar-refractivity contribution in [3.8, 4) is 5.75 Å². The molecule has 0 spiro atoms. The number of amides is 1. The highest BCUT2D eigenvalue weighted by Crippen LogP contribution is 2.15. The molecule has 8 nitrogen and oxygen atoms in total. The van der Waals surface area contributed by atoms with Gasteiger partial charge in [0.2, 0.25) is 0 Å². The average molecular weight is 338 g/mol. The van der Waals surface area contributed by atoms with Crippen LogP contribution in [-0.2, 0) is 4.79 Å². The first kappa shape index (κ1) is 15.4. The average Bonchev–Trinajstić information content (AvgIpc) is 3.29. The highest BCUT2D eigenvalue weighted by Gasteiger charge is 2.26. The summed E-state index contributed by atoms with van der Waals surface area (Å²) in [6.07, 6.45) is 7.66. The van der Waals surface area contributed by atoms with Crippen molar-refractivity contribution in [2.75, 3.05) is 25.0 Å². The van der Waals surface area contributed by atoms with Crippen molar-refractivity contribution in [3.63, 3.8) is 0 Å². The molecule has 1 atom stereocenters. The van der Waals surface area contributed by atoms with Gasteiger partial charge in [-0.1, -0.05) is 0 Å². The lowest BCUT2D eigenvalue weighted by Gasteiger charge is -2.17. The Hall–Kier alpha value is -3.16. The minimum Gasteiger partial charge on any atom is -0.482 e. The van der Waals surface area contributed by atoms with Crippen molar-refractivity contribution in [1.29, 1.82) is 0 Å². The summed E-state index contributed by atoms with van der Waals surface area (Å²) in [7, 11) is 0. The van der Waals surface area contributed by atoms with Gasteiger partial charge in [0.25, 0.3) is 5.91 Å². The lowest BCUT2D eigenvalue weighted by Crippen LogP contribution is -2.35. The van der Waals surface area contributed by atoms with Gasteiger partial charge in [-0.3, -0.25) is 9.78 Å². The number of nitrogens with zero attached hydrogens (tertiary/aromatic N) is 5. The molecule has 8 heteroatoms. The van der Waals surface area contributed by atoms with Crippen LogP contribution in [0.2, 0.25) is 0 Å². The Morgan fingerprint density at radius 1 is 1.32 bits per heavy atom. The van der Waals surface area contributed by atoms with E-state index in [1.54, 1.807) is 41.4 Å². The van der Waals surface area contributed by atoms with Gasteiger partial charge in [-0.05, 0) is 30.7 Å². The predicted molar refractivity (Wildman–Crippen MR) is 91.3 cm³/mol. The Balaban J connectivity index is 1.30. The fourth-order valence-corrected chi connectivity index (χ4v) is 2.87. The number of rotatable bonds is 5. The third-order valence-electron chi connectivity index (χ3n) is 4.14. The topological polar surface area (TPSA) is 84.6 Å². The Labute approximate surface area is 144 Å². The van der Waals surface area contributed by atoms with Gasteiger partial charge in [0.1, 0.15) is 11.6 Å². The maximum absolute atomic E-state index is 12.3. The normalized spacial score (nSPS) is 17.0. The van der Waals surface area contributed by atoms with Crippen LogP contribution < -0.4 is 10.1 Å². The molecule has 1 aliphatic rings. The van der Waals surface area contributed by atoms with E-state index in [1.807, 2.05) is 17.0 Å². The first-order valence-electron chi connectivity index (χ1n) is 8.15. The van der Waals surface area contributed by atoms with Gasteiger partial charge < -0.3 is 15.0 Å². The van der Waals surface area contributed by atoms with Crippen LogP contribution in [0.4, 0.5) is 5.82 Å². The van der Waals surface area contributed by atoms with Crippen molar-refractivity contribution in [2.24, 2.45) is 0 Å². The monoisotopic (exact) mass is 338 g/mol. The third kappa shape index (κ3) is 3.52. The molecule has 3 aromatic heterocycles. The summed E-state index contributed by atoms with van der Waals surface area (Å²) in [6.45, 7) is 1.37. The summed E-state index contributed by atoms with van der Waals surface area (Å²) in [5.74, 6) is 1.35. The highest BCUT2D eigenvalue weighted by atomic mass is 16.5. The largest absolute Gasteiger partial charge is 0.482 e. The fraction of sp³-hybridized carbons (Fsp3) is 0.294. The summed E-state index contributed by atoms with van der Waals surface area (Å²) in [5.41, 5.74) is 0.807. The van der Waals surface area contributed by atoms with Crippen LogP contribution in [0.1, 0.15) is 6.42 Å². The Kier molecular flexibility index (Phi) is 4.16. The predicted octanol–water partition coefficient (Wildman–Crippen LogP) is 1.22. The van der Waals surface area contributed by atoms with Crippen molar-refractivity contribution >= 4 is 17.4 Å². The molecule has 0 aromatic carbocycles. The van der Waals surface area contributed by atoms with E-state index in [1.165, 1.54) is 0 Å². The van der Waals surface area contributed by atoms with Gasteiger partial charge in [0.05, 0.1) is 6.20 Å². The molecule has 25 heavy (non-hydrogen) atoms. The molecule has 0 radical (unpaired) electrons. The van der Waals surface area contributed by atoms with Crippen LogP contribution in [0, 0.1) is 0 Å². The van der Waals surface area contributed by atoms with Crippen LogP contribution in [0.25, 0.3) is 5.65 Å². The molecule has 0 aliphatic carbocycles. The molecular formula is C17H18N6O2. The zero-order chi connectivity index (χ0) is 17.1. The van der Waals surface area contributed by atoms with Crippen LogP contribution in [-0.4, -0.2) is 56.1 Å². The number of nitrogens with one attached hydrogen (secondary N) is 1. The molecule has 4 rings (SSSR count). The van der Waals surface area contributed by atoms with Crippen molar-refractivity contribution in [2.45, 2.75) is 12.5 Å². The van der Waals surface area contributed by atoms with E-state index < -0.39 is 0 Å². The number of carbonyl (C=O) groups excluding carboxylic acids is 1. The molecule has 4 heterocycles. The second kappa shape index (κ2) is 6.76. The lowest BCUT2D eigenvalue weighted by atomic mass is 10.2. The lowest BCUT2D eigenvalue weighted by molar-refractivity contribution is -0.132. The van der Waals surface area contributed by atoms with E-state index >= 15 is 0 Å². The molecule has 128 valence electrons. The molecule has 1 aliphatic heterocycles. The van der Waals surface area contributed by atoms with Crippen LogP contribution in [0.3, 0.4) is 0 Å². The second-order valence-electron chi connectivity index (χ2n) is 5.90. The molecule has 1 N–H and O–H groups in total. The number of aromatic nitrogens is 4. The molecule has 0 saturated carbocycles. The van der Waals surface area contributed by atoms with Gasteiger partial charge in [-0.15, -0.1) is 5.10 Å². The molecule has 3 aromatic rings. The number of imidazole rings is 1. The van der Waals surface area contributed by atoms with Gasteiger partial charge in [-0.2, -0.15) is 0 Å². The summed E-state index contributed by atoms with van der Waals surface area (Å²) in [6, 6.07) is 7.55. The third-order valence-corrected chi connectivity index (χ3v) is 4.14. The molecule has 1 unspecified atom stereocenters. The SMILES string of the molecule is O=C(COc1cccnc1)N1CCC(Nc2ccc3nccn3n2)C1. The van der Waals surface area contributed by atoms with Crippen LogP contribution >= 0.6 is 0 Å². The quantitative estimate of drug-likeness (QED) is 0.753. The summed E-state index contributed by atoms with van der Waals surface area (Å²) in [4.78, 5) is 22.2. The minimum absolute atomic E-state index is 0.0221. The van der Waals surface area contributed by atoms with Gasteiger partial charge >= 0.3 is 0 Å². The van der Waals surface area contributed by atoms with Gasteiger partial charge in [-0.25, -0.2) is 9.50 Å². The van der Waals surface area contributed by atoms with Crippen LogP contribution in [0.5, 0.6) is 5.75 Å². The number of fused-ring (bicyclic) bond motifs is 1. The molecule has 1 saturated heterocycles. The smallest absolute Gasteiger partial charge is 0.260 e. The van der Waals surface area contributed by atoms with E-state index in [-0.39, 0.29) is 18.6 Å². The highest BCUT2D eigenvalue weighted by molar-refractivity contribution is 5.78. The Morgan fingerprint density at radius 2 is 2.28 bits per heavy atom. The first-order chi connectivity index (χ1) is 12.3. The standard InChI is InChI=1S/C17H18N6O2/c24-17(12-25-14-2-1-6-18-10-14)22-8-5-13(11-22)20-15-3-4-16-19-7-9-23(16)21-15/h1-4,6-7,9-10,13H,5,8,11-12H2,(H,20,21). The maximum Gasteiger partial charge on any atom is 0.260 e. The number of hydrogen-bond donors (Lipinski definition) is 1. The second-order valence-corrected chi connectivity index (χ2v) is 5.90. The Bertz CT molecular complexity index is 866. The molecule has 1 amide bonds. The molecular weight excluding hydrogens is 320 g/mol. The van der Waals surface area contributed by atoms with E-state index in [2.05, 4.69) is 20.4 Å². The van der Waals surface area contributed by atoms with Crippen LogP contribution in [0.15, 0.2) is 49.1 Å². The number of carbonyl (C=O) groups is 1. The zero-order valence-corrected chi connectivity index (χ0v) is 13.6. The number of anilines is 1. The molecule has 0 bridgehead atoms. The van der Waals surface area contributed by atoms with E-state index in [4.69, 9.17) is 4.74 Å². The summed E-state index contributed by atoms with van der Waals surface area (Å²) >= 11 is 0. The van der Waals surface area contributed by atoms with E-state index in [0.29, 0.717) is 18.8 Å². The Morgan fingerprint density at radius 3 is 3.16 bits per heavy atom. The van der Waals surface area contributed by atoms with E-state index in [9.17, 15) is 4.79 Å². The van der Waals surface area contributed by atoms with Gasteiger partial charge in [0.15, 0.2) is 12.3 Å². The first-order valence-corrected chi connectivity index (χ1v) is 8.15. The van der Waals surface area contributed by atoms with E-state index in [0.717, 1.165) is 17.9 Å². The number of ether oxygens (including phenoxy) is 1. The van der Waals surface area contributed by atoms with Crippen molar-refractivity contribution < 1.29 is 9.53 Å². The van der Waals surface area contributed by atoms with Crippen molar-refractivity contribution in [3.05, 3.63) is 49.1 Å².